The number of nitrogens with zero attached hydrogens (tertiary/aromatic N) is 3. The summed E-state index contributed by atoms with van der Waals surface area (Å²) >= 11 is 1.65. The third-order valence-electron chi connectivity index (χ3n) is 8.77. The zero-order chi connectivity index (χ0) is 25.1. The van der Waals surface area contributed by atoms with Gasteiger partial charge in [0.15, 0.2) is 5.78 Å². The summed E-state index contributed by atoms with van der Waals surface area (Å²) in [6, 6.07) is 18.4. The van der Waals surface area contributed by atoms with Gasteiger partial charge in [-0.05, 0) is 60.9 Å². The average Bonchev–Trinajstić information content (AvgIpc) is 3.43. The number of carbonyl (C=O) groups is 1. The monoisotopic (exact) mass is 497 g/mol. The normalized spacial score (nSPS) is 24.5. The average molecular weight is 498 g/mol. The van der Waals surface area contributed by atoms with Crippen LogP contribution in [0.3, 0.4) is 0 Å². The van der Waals surface area contributed by atoms with Gasteiger partial charge in [0, 0.05) is 22.9 Å². The van der Waals surface area contributed by atoms with Crippen LogP contribution in [0.15, 0.2) is 72.1 Å². The maximum absolute atomic E-state index is 13.6. The second-order valence-corrected chi connectivity index (χ2v) is 11.8. The van der Waals surface area contributed by atoms with Gasteiger partial charge in [-0.1, -0.05) is 62.9 Å². The molecule has 36 heavy (non-hydrogen) atoms. The summed E-state index contributed by atoms with van der Waals surface area (Å²) in [5.74, 6) is 1.59. The van der Waals surface area contributed by atoms with E-state index < -0.39 is 0 Å². The molecule has 5 nitrogen and oxygen atoms in total. The van der Waals surface area contributed by atoms with Gasteiger partial charge in [0.05, 0.1) is 17.2 Å². The molecule has 3 atom stereocenters. The smallest absolute Gasteiger partial charge is 0.152 e. The SMILES string of the molecule is CCOc1ccc(-n2cc(-c3ccccc3)c3c(SC4C(=O)C5(C)CCC4C5(C)C)ncnc32)cc1. The van der Waals surface area contributed by atoms with Crippen LogP contribution < -0.4 is 4.74 Å². The van der Waals surface area contributed by atoms with E-state index >= 15 is 0 Å². The van der Waals surface area contributed by atoms with E-state index in [0.717, 1.165) is 51.5 Å². The highest BCUT2D eigenvalue weighted by Gasteiger charge is 2.66. The van der Waals surface area contributed by atoms with Gasteiger partial charge in [-0.25, -0.2) is 9.97 Å². The molecule has 0 spiro atoms. The molecule has 6 rings (SSSR count). The molecule has 184 valence electrons. The quantitative estimate of drug-likeness (QED) is 0.269. The first-order valence-corrected chi connectivity index (χ1v) is 13.6. The van der Waals surface area contributed by atoms with E-state index in [0.29, 0.717) is 18.3 Å². The molecule has 2 heterocycles. The lowest BCUT2D eigenvalue weighted by atomic mass is 9.70. The Morgan fingerprint density at radius 3 is 2.47 bits per heavy atom. The van der Waals surface area contributed by atoms with Crippen LogP contribution in [0.4, 0.5) is 0 Å². The number of hydrogen-bond acceptors (Lipinski definition) is 5. The number of Topliss-reactive ketones (excluding diaryl/α,β-unsaturated/α-hetero) is 1. The second-order valence-electron chi connectivity index (χ2n) is 10.7. The van der Waals surface area contributed by atoms with Gasteiger partial charge in [-0.2, -0.15) is 0 Å². The lowest BCUT2D eigenvalue weighted by Crippen LogP contribution is -2.34. The Labute approximate surface area is 216 Å². The van der Waals surface area contributed by atoms with Crippen LogP contribution in [0.5, 0.6) is 5.75 Å². The molecule has 2 aromatic carbocycles. The van der Waals surface area contributed by atoms with Crippen LogP contribution in [0, 0.1) is 16.7 Å². The molecule has 2 fully saturated rings. The fraction of sp³-hybridized carbons (Fsp3) is 0.367. The summed E-state index contributed by atoms with van der Waals surface area (Å²) in [5.41, 5.74) is 3.78. The number of carbonyl (C=O) groups excluding carboxylic acids is 1. The summed E-state index contributed by atoms with van der Waals surface area (Å²) in [4.78, 5) is 23.1. The maximum atomic E-state index is 13.6. The largest absolute Gasteiger partial charge is 0.494 e. The molecule has 0 amide bonds. The highest BCUT2D eigenvalue weighted by atomic mass is 32.2. The minimum Gasteiger partial charge on any atom is -0.494 e. The van der Waals surface area contributed by atoms with E-state index in [9.17, 15) is 4.79 Å². The first-order valence-electron chi connectivity index (χ1n) is 12.7. The number of ketones is 1. The van der Waals surface area contributed by atoms with E-state index in [1.165, 1.54) is 0 Å². The predicted molar refractivity (Wildman–Crippen MR) is 145 cm³/mol. The van der Waals surface area contributed by atoms with Crippen molar-refractivity contribution in [1.29, 1.82) is 0 Å². The van der Waals surface area contributed by atoms with Crippen LogP contribution in [-0.4, -0.2) is 32.2 Å². The van der Waals surface area contributed by atoms with E-state index in [1.807, 2.05) is 25.1 Å². The molecule has 2 aromatic heterocycles. The Morgan fingerprint density at radius 1 is 1.06 bits per heavy atom. The first kappa shape index (κ1) is 23.3. The third-order valence-corrected chi connectivity index (χ3v) is 10.1. The number of thioether (sulfide) groups is 1. The summed E-state index contributed by atoms with van der Waals surface area (Å²) < 4.78 is 7.76. The highest BCUT2D eigenvalue weighted by Crippen LogP contribution is 2.66. The molecule has 0 N–H and O–H groups in total. The number of hydrogen-bond donors (Lipinski definition) is 0. The van der Waals surface area contributed by atoms with Gasteiger partial charge < -0.3 is 9.30 Å². The number of benzene rings is 2. The molecule has 0 aliphatic heterocycles. The van der Waals surface area contributed by atoms with Crippen molar-refractivity contribution in [3.63, 3.8) is 0 Å². The van der Waals surface area contributed by atoms with Crippen LogP contribution in [-0.2, 0) is 4.79 Å². The Kier molecular flexibility index (Phi) is 5.48. The van der Waals surface area contributed by atoms with Crippen molar-refractivity contribution in [2.75, 3.05) is 6.61 Å². The van der Waals surface area contributed by atoms with Crippen LogP contribution in [0.1, 0.15) is 40.5 Å². The Hall–Kier alpha value is -3.12. The van der Waals surface area contributed by atoms with Crippen molar-refractivity contribution in [2.45, 2.75) is 50.8 Å². The Balaban J connectivity index is 1.49. The van der Waals surface area contributed by atoms with Gasteiger partial charge in [-0.15, -0.1) is 0 Å². The topological polar surface area (TPSA) is 57.0 Å². The molecular formula is C30H31N3O2S. The van der Waals surface area contributed by atoms with E-state index in [-0.39, 0.29) is 16.1 Å². The summed E-state index contributed by atoms with van der Waals surface area (Å²) in [5, 5.41) is 1.81. The van der Waals surface area contributed by atoms with Crippen molar-refractivity contribution >= 4 is 28.6 Å². The van der Waals surface area contributed by atoms with Gasteiger partial charge in [0.25, 0.3) is 0 Å². The molecule has 4 aromatic rings. The fourth-order valence-corrected chi connectivity index (χ4v) is 7.96. The number of rotatable bonds is 6. The van der Waals surface area contributed by atoms with Gasteiger partial charge in [0.1, 0.15) is 22.7 Å². The number of ether oxygens (including phenoxy) is 1. The lowest BCUT2D eigenvalue weighted by molar-refractivity contribution is -0.127. The van der Waals surface area contributed by atoms with E-state index in [1.54, 1.807) is 18.1 Å². The van der Waals surface area contributed by atoms with E-state index in [2.05, 4.69) is 67.9 Å². The second kappa shape index (κ2) is 8.48. The number of aromatic nitrogens is 3. The maximum Gasteiger partial charge on any atom is 0.152 e. The molecule has 2 bridgehead atoms. The zero-order valence-corrected chi connectivity index (χ0v) is 22.0. The van der Waals surface area contributed by atoms with Crippen LogP contribution in [0.2, 0.25) is 0 Å². The van der Waals surface area contributed by atoms with E-state index in [4.69, 9.17) is 14.7 Å². The van der Waals surface area contributed by atoms with Crippen molar-refractivity contribution in [3.05, 3.63) is 67.1 Å². The van der Waals surface area contributed by atoms with Crippen molar-refractivity contribution in [1.82, 2.24) is 14.5 Å². The van der Waals surface area contributed by atoms with Crippen LogP contribution >= 0.6 is 11.8 Å². The summed E-state index contributed by atoms with van der Waals surface area (Å²) in [6.45, 7) is 9.34. The Bertz CT molecular complexity index is 1440. The number of fused-ring (bicyclic) bond motifs is 3. The fourth-order valence-electron chi connectivity index (χ4n) is 6.29. The minimum atomic E-state index is -0.252. The third kappa shape index (κ3) is 3.34. The highest BCUT2D eigenvalue weighted by molar-refractivity contribution is 8.00. The van der Waals surface area contributed by atoms with Crippen molar-refractivity contribution in [2.24, 2.45) is 16.7 Å². The van der Waals surface area contributed by atoms with Crippen LogP contribution in [0.25, 0.3) is 27.8 Å². The van der Waals surface area contributed by atoms with Gasteiger partial charge in [-0.3, -0.25) is 4.79 Å². The molecule has 6 heteroatoms. The summed E-state index contributed by atoms with van der Waals surface area (Å²) in [7, 11) is 0. The molecule has 0 saturated heterocycles. The standard InChI is InChI=1S/C30H31N3O2S/c1-5-35-21-13-11-20(12-14-21)33-17-22(19-9-7-6-8-10-19)24-27(33)31-18-32-28(24)36-25-23-15-16-30(4,26(25)34)29(23,2)3/h6-14,17-18,23,25H,5,15-16H2,1-4H3. The predicted octanol–water partition coefficient (Wildman–Crippen LogP) is 6.97. The van der Waals surface area contributed by atoms with Gasteiger partial charge in [0.2, 0.25) is 0 Å². The molecule has 2 saturated carbocycles. The van der Waals surface area contributed by atoms with Crippen molar-refractivity contribution < 1.29 is 9.53 Å². The minimum absolute atomic E-state index is 0.00436. The van der Waals surface area contributed by atoms with Crippen molar-refractivity contribution in [3.8, 4) is 22.6 Å². The molecule has 3 unspecified atom stereocenters. The lowest BCUT2D eigenvalue weighted by Gasteiger charge is -2.32. The van der Waals surface area contributed by atoms with Gasteiger partial charge >= 0.3 is 0 Å². The molecule has 0 radical (unpaired) electrons. The Morgan fingerprint density at radius 2 is 1.81 bits per heavy atom. The molecule has 2 aliphatic carbocycles. The summed E-state index contributed by atoms with van der Waals surface area (Å²) in [6.07, 6.45) is 5.86. The zero-order valence-electron chi connectivity index (χ0n) is 21.2. The molecular weight excluding hydrogens is 466 g/mol. The first-order chi connectivity index (χ1) is 17.3. The molecule has 2 aliphatic rings.